The van der Waals surface area contributed by atoms with Crippen molar-refractivity contribution in [2.75, 3.05) is 13.1 Å². The average Bonchev–Trinajstić information content (AvgIpc) is 2.28. The van der Waals surface area contributed by atoms with E-state index in [0.29, 0.717) is 11.4 Å². The van der Waals surface area contributed by atoms with Gasteiger partial charge in [0.05, 0.1) is 11.0 Å². The molecule has 0 aromatic rings. The molecule has 18 heavy (non-hydrogen) atoms. The number of amides is 1. The van der Waals surface area contributed by atoms with Crippen LogP contribution in [0.15, 0.2) is 0 Å². The van der Waals surface area contributed by atoms with Crippen LogP contribution in [0.3, 0.4) is 0 Å². The van der Waals surface area contributed by atoms with Gasteiger partial charge in [0.25, 0.3) is 0 Å². The highest BCUT2D eigenvalue weighted by molar-refractivity contribution is 7.80. The van der Waals surface area contributed by atoms with Crippen LogP contribution in [0.1, 0.15) is 47.5 Å². The van der Waals surface area contributed by atoms with Crippen molar-refractivity contribution in [1.29, 1.82) is 0 Å². The molecule has 4 nitrogen and oxygen atoms in total. The Balaban J connectivity index is 4.44. The van der Waals surface area contributed by atoms with Gasteiger partial charge in [0.1, 0.15) is 0 Å². The number of rotatable bonds is 8. The summed E-state index contributed by atoms with van der Waals surface area (Å²) in [5.41, 5.74) is 5.34. The second-order valence-corrected chi connectivity index (χ2v) is 5.77. The monoisotopic (exact) mass is 273 g/mol. The van der Waals surface area contributed by atoms with Crippen molar-refractivity contribution in [1.82, 2.24) is 10.2 Å². The van der Waals surface area contributed by atoms with Crippen LogP contribution in [0, 0.1) is 0 Å². The third-order valence-corrected chi connectivity index (χ3v) is 3.53. The molecular weight excluding hydrogens is 246 g/mol. The van der Waals surface area contributed by atoms with Crippen molar-refractivity contribution in [3.05, 3.63) is 0 Å². The molecule has 0 rings (SSSR count). The van der Waals surface area contributed by atoms with E-state index in [9.17, 15) is 4.79 Å². The molecule has 0 bridgehead atoms. The van der Waals surface area contributed by atoms with Crippen LogP contribution in [0.5, 0.6) is 0 Å². The number of carbonyl (C=O) groups is 1. The third kappa shape index (κ3) is 6.31. The minimum atomic E-state index is -0.159. The van der Waals surface area contributed by atoms with Crippen molar-refractivity contribution in [2.24, 2.45) is 5.73 Å². The van der Waals surface area contributed by atoms with Crippen molar-refractivity contribution in [2.45, 2.75) is 59.0 Å². The predicted octanol–water partition coefficient (Wildman–Crippen LogP) is 1.68. The van der Waals surface area contributed by atoms with Crippen LogP contribution in [-0.2, 0) is 4.79 Å². The van der Waals surface area contributed by atoms with Crippen LogP contribution < -0.4 is 11.1 Å². The maximum absolute atomic E-state index is 12.1. The Hall–Kier alpha value is -0.680. The van der Waals surface area contributed by atoms with E-state index in [1.54, 1.807) is 0 Å². The summed E-state index contributed by atoms with van der Waals surface area (Å²) in [5, 5.41) is 3.06. The number of carbonyl (C=O) groups excluding carboxylic acids is 1. The molecule has 5 heteroatoms. The molecule has 106 valence electrons. The summed E-state index contributed by atoms with van der Waals surface area (Å²) >= 11 is 4.87. The molecule has 3 N–H and O–H groups in total. The van der Waals surface area contributed by atoms with E-state index in [0.717, 1.165) is 19.5 Å². The molecule has 0 radical (unpaired) electrons. The second-order valence-electron chi connectivity index (χ2n) is 5.25. The minimum Gasteiger partial charge on any atom is -0.393 e. The molecule has 0 saturated carbocycles. The SMILES string of the molecule is CCN(CCC(N)=S)C(C)C(=O)NC(C)(C)CC. The van der Waals surface area contributed by atoms with E-state index in [1.807, 2.05) is 27.7 Å². The van der Waals surface area contributed by atoms with Crippen LogP contribution in [0.4, 0.5) is 0 Å². The van der Waals surface area contributed by atoms with Gasteiger partial charge in [0.15, 0.2) is 0 Å². The number of likely N-dealkylation sites (N-methyl/N-ethyl adjacent to an activating group) is 1. The fraction of sp³-hybridized carbons (Fsp3) is 0.846. The smallest absolute Gasteiger partial charge is 0.237 e. The number of hydrogen-bond acceptors (Lipinski definition) is 3. The summed E-state index contributed by atoms with van der Waals surface area (Å²) in [6.45, 7) is 11.6. The highest BCUT2D eigenvalue weighted by Crippen LogP contribution is 2.09. The summed E-state index contributed by atoms with van der Waals surface area (Å²) in [4.78, 5) is 14.7. The van der Waals surface area contributed by atoms with Gasteiger partial charge in [0, 0.05) is 18.5 Å². The molecule has 0 aliphatic rings. The minimum absolute atomic E-state index is 0.0617. The Morgan fingerprint density at radius 1 is 1.44 bits per heavy atom. The first-order chi connectivity index (χ1) is 8.23. The van der Waals surface area contributed by atoms with E-state index in [-0.39, 0.29) is 17.5 Å². The zero-order chi connectivity index (χ0) is 14.3. The fourth-order valence-corrected chi connectivity index (χ4v) is 1.66. The van der Waals surface area contributed by atoms with Gasteiger partial charge in [-0.25, -0.2) is 0 Å². The molecule has 0 spiro atoms. The lowest BCUT2D eigenvalue weighted by atomic mass is 10.0. The summed E-state index contributed by atoms with van der Waals surface area (Å²) in [6, 6.07) is -0.157. The zero-order valence-corrected chi connectivity index (χ0v) is 13.1. The lowest BCUT2D eigenvalue weighted by Gasteiger charge is -2.31. The first-order valence-corrected chi connectivity index (χ1v) is 6.98. The van der Waals surface area contributed by atoms with Crippen LogP contribution in [0.2, 0.25) is 0 Å². The Bertz CT molecular complexity index is 292. The van der Waals surface area contributed by atoms with E-state index >= 15 is 0 Å². The number of hydrogen-bond donors (Lipinski definition) is 2. The quantitative estimate of drug-likeness (QED) is 0.661. The van der Waals surface area contributed by atoms with Crippen molar-refractivity contribution < 1.29 is 4.79 Å². The third-order valence-electron chi connectivity index (χ3n) is 3.32. The van der Waals surface area contributed by atoms with Gasteiger partial charge < -0.3 is 11.1 Å². The Morgan fingerprint density at radius 3 is 2.39 bits per heavy atom. The lowest BCUT2D eigenvalue weighted by Crippen LogP contribution is -2.52. The van der Waals surface area contributed by atoms with E-state index in [2.05, 4.69) is 17.1 Å². The van der Waals surface area contributed by atoms with E-state index in [1.165, 1.54) is 0 Å². The van der Waals surface area contributed by atoms with Gasteiger partial charge in [-0.2, -0.15) is 0 Å². The van der Waals surface area contributed by atoms with Crippen molar-refractivity contribution >= 4 is 23.1 Å². The fourth-order valence-electron chi connectivity index (χ4n) is 1.57. The molecule has 1 atom stereocenters. The number of thiocarbonyl (C=S) groups is 1. The average molecular weight is 273 g/mol. The predicted molar refractivity (Wildman–Crippen MR) is 80.6 cm³/mol. The number of nitrogens with one attached hydrogen (secondary N) is 1. The standard InChI is InChI=1S/C13H27N3OS/c1-6-13(4,5)15-12(17)10(3)16(7-2)9-8-11(14)18/h10H,6-9H2,1-5H3,(H2,14,18)(H,15,17). The molecule has 1 amide bonds. The van der Waals surface area contributed by atoms with Gasteiger partial charge in [-0.05, 0) is 33.7 Å². The van der Waals surface area contributed by atoms with Gasteiger partial charge >= 0.3 is 0 Å². The molecule has 0 aliphatic carbocycles. The largest absolute Gasteiger partial charge is 0.393 e. The van der Waals surface area contributed by atoms with Gasteiger partial charge in [0.2, 0.25) is 5.91 Å². The Labute approximate surface area is 116 Å². The maximum Gasteiger partial charge on any atom is 0.237 e. The lowest BCUT2D eigenvalue weighted by molar-refractivity contribution is -0.127. The van der Waals surface area contributed by atoms with Crippen molar-refractivity contribution in [3.8, 4) is 0 Å². The molecule has 0 fully saturated rings. The highest BCUT2D eigenvalue weighted by atomic mass is 32.1. The second kappa shape index (κ2) is 7.69. The first-order valence-electron chi connectivity index (χ1n) is 6.57. The highest BCUT2D eigenvalue weighted by Gasteiger charge is 2.25. The molecule has 0 saturated heterocycles. The molecule has 0 aromatic carbocycles. The first kappa shape index (κ1) is 17.3. The van der Waals surface area contributed by atoms with Gasteiger partial charge in [-0.1, -0.05) is 26.1 Å². The summed E-state index contributed by atoms with van der Waals surface area (Å²) in [5.74, 6) is 0.0617. The number of nitrogens with two attached hydrogens (primary N) is 1. The van der Waals surface area contributed by atoms with E-state index < -0.39 is 0 Å². The summed E-state index contributed by atoms with van der Waals surface area (Å²) < 4.78 is 0. The molecule has 0 aromatic heterocycles. The Morgan fingerprint density at radius 2 is 2.00 bits per heavy atom. The summed E-state index contributed by atoms with van der Waals surface area (Å²) in [7, 11) is 0. The normalized spacial score (nSPS) is 13.4. The number of nitrogens with zero attached hydrogens (tertiary/aromatic N) is 1. The molecular formula is C13H27N3OS. The van der Waals surface area contributed by atoms with Crippen LogP contribution in [0.25, 0.3) is 0 Å². The van der Waals surface area contributed by atoms with Gasteiger partial charge in [-0.15, -0.1) is 0 Å². The van der Waals surface area contributed by atoms with Crippen LogP contribution >= 0.6 is 12.2 Å². The van der Waals surface area contributed by atoms with E-state index in [4.69, 9.17) is 18.0 Å². The topological polar surface area (TPSA) is 58.4 Å². The maximum atomic E-state index is 12.1. The molecule has 0 aliphatic heterocycles. The Kier molecular flexibility index (Phi) is 7.40. The van der Waals surface area contributed by atoms with Crippen molar-refractivity contribution in [3.63, 3.8) is 0 Å². The zero-order valence-electron chi connectivity index (χ0n) is 12.2. The molecule has 0 heterocycles. The molecule has 1 unspecified atom stereocenters. The summed E-state index contributed by atoms with van der Waals surface area (Å²) in [6.07, 6.45) is 1.56. The van der Waals surface area contributed by atoms with Crippen LogP contribution in [-0.4, -0.2) is 40.5 Å². The van der Waals surface area contributed by atoms with Gasteiger partial charge in [-0.3, -0.25) is 9.69 Å².